The minimum atomic E-state index is -6.55. The normalized spacial score (nSPS) is 12.7. The summed E-state index contributed by atoms with van der Waals surface area (Å²) in [7, 11) is -6.55. The van der Waals surface area contributed by atoms with Crippen LogP contribution in [0.3, 0.4) is 0 Å². The maximum atomic E-state index is 12.9. The molecule has 0 saturated heterocycles. The summed E-state index contributed by atoms with van der Waals surface area (Å²) in [5.74, 6) is -0.686. The van der Waals surface area contributed by atoms with Crippen LogP contribution in [0.1, 0.15) is 5.56 Å². The van der Waals surface area contributed by atoms with Crippen LogP contribution in [0.2, 0.25) is 0 Å². The fraction of sp³-hybridized carbons (Fsp3) is 0.333. The number of benzene rings is 1. The van der Waals surface area contributed by atoms with Crippen molar-refractivity contribution < 1.29 is 64.8 Å². The van der Waals surface area contributed by atoms with E-state index >= 15 is 0 Å². The van der Waals surface area contributed by atoms with Crippen molar-refractivity contribution in [3.63, 3.8) is 0 Å². The molecule has 1 rings (SSSR count). The Hall–Kier alpha value is -0.350. The van der Waals surface area contributed by atoms with Gasteiger partial charge in [-0.3, -0.25) is 0 Å². The zero-order valence-corrected chi connectivity index (χ0v) is 12.7. The second kappa shape index (κ2) is 5.96. The topological polar surface area (TPSA) is 66.4 Å². The van der Waals surface area contributed by atoms with E-state index in [1.54, 1.807) is 6.92 Å². The van der Waals surface area contributed by atoms with E-state index in [2.05, 4.69) is 4.74 Å². The van der Waals surface area contributed by atoms with Gasteiger partial charge >= 0.3 is 40.9 Å². The predicted molar refractivity (Wildman–Crippen MR) is 51.4 cm³/mol. The van der Waals surface area contributed by atoms with Gasteiger partial charge in [0.05, 0.1) is 0 Å². The quantitative estimate of drug-likeness (QED) is 0.411. The first-order valence-corrected chi connectivity index (χ1v) is 5.85. The van der Waals surface area contributed by atoms with Crippen LogP contribution in [0.25, 0.3) is 0 Å². The maximum absolute atomic E-state index is 12.9. The van der Waals surface area contributed by atoms with E-state index in [0.29, 0.717) is 5.56 Å². The van der Waals surface area contributed by atoms with Crippen LogP contribution in [0.15, 0.2) is 24.3 Å². The van der Waals surface area contributed by atoms with E-state index in [4.69, 9.17) is 0 Å². The summed E-state index contributed by atoms with van der Waals surface area (Å²) in [6.45, 7) is 1.61. The second-order valence-corrected chi connectivity index (χ2v) is 4.82. The standard InChI is InChI=1S/C9H8F4O4S.Na/c1-6-2-4-7(5-3-6)17-8(10,11)9(12,13)18(14,15)16;/h2-5H,1H3,(H,14,15,16);/q;+1/p-1. The molecule has 0 aromatic heterocycles. The van der Waals surface area contributed by atoms with Crippen molar-refractivity contribution in [1.29, 1.82) is 0 Å². The van der Waals surface area contributed by atoms with Crippen LogP contribution in [-0.4, -0.2) is 24.3 Å². The number of ether oxygens (including phenoxy) is 1. The second-order valence-electron chi connectivity index (χ2n) is 3.40. The van der Waals surface area contributed by atoms with Crippen LogP contribution in [0, 0.1) is 6.92 Å². The molecule has 0 heterocycles. The third kappa shape index (κ3) is 4.06. The molecule has 0 fully saturated rings. The summed E-state index contributed by atoms with van der Waals surface area (Å²) in [5, 5.41) is -5.86. The zero-order chi connectivity index (χ0) is 14.2. The van der Waals surface area contributed by atoms with Gasteiger partial charge in [-0.05, 0) is 19.1 Å². The Bertz CT molecular complexity index is 530. The minimum absolute atomic E-state index is 0. The van der Waals surface area contributed by atoms with Crippen molar-refractivity contribution in [1.82, 2.24) is 0 Å². The van der Waals surface area contributed by atoms with E-state index in [9.17, 15) is 30.5 Å². The smallest absolute Gasteiger partial charge is 0.743 e. The monoisotopic (exact) mass is 310 g/mol. The molecule has 0 radical (unpaired) electrons. The first kappa shape index (κ1) is 18.7. The predicted octanol–water partition coefficient (Wildman–Crippen LogP) is -0.891. The molecule has 0 aliphatic heterocycles. The van der Waals surface area contributed by atoms with Gasteiger partial charge in [0.1, 0.15) is 5.75 Å². The maximum Gasteiger partial charge on any atom is 1.00 e. The van der Waals surface area contributed by atoms with Crippen molar-refractivity contribution in [3.8, 4) is 5.75 Å². The van der Waals surface area contributed by atoms with Gasteiger partial charge < -0.3 is 9.29 Å². The number of halogens is 4. The Morgan fingerprint density at radius 2 is 1.53 bits per heavy atom. The zero-order valence-electron chi connectivity index (χ0n) is 9.86. The van der Waals surface area contributed by atoms with Crippen LogP contribution in [-0.2, 0) is 10.1 Å². The molecular weight excluding hydrogens is 303 g/mol. The Morgan fingerprint density at radius 1 is 1.11 bits per heavy atom. The molecule has 0 aliphatic rings. The number of rotatable bonds is 4. The molecular formula is C9H7F4NaO4S. The first-order valence-electron chi connectivity index (χ1n) is 4.44. The summed E-state index contributed by atoms with van der Waals surface area (Å²) in [5.41, 5.74) is 0.647. The largest absolute Gasteiger partial charge is 1.00 e. The Balaban J connectivity index is 0.00000324. The molecule has 0 aliphatic carbocycles. The average Bonchev–Trinajstić information content (AvgIpc) is 2.19. The van der Waals surface area contributed by atoms with Crippen molar-refractivity contribution in [2.24, 2.45) is 0 Å². The van der Waals surface area contributed by atoms with Crippen molar-refractivity contribution in [2.45, 2.75) is 18.3 Å². The van der Waals surface area contributed by atoms with E-state index in [0.717, 1.165) is 12.1 Å². The minimum Gasteiger partial charge on any atom is -0.743 e. The Labute approximate surface area is 128 Å². The molecule has 0 unspecified atom stereocenters. The van der Waals surface area contributed by atoms with Crippen molar-refractivity contribution >= 4 is 10.1 Å². The molecule has 0 spiro atoms. The van der Waals surface area contributed by atoms with Gasteiger partial charge in [-0.15, -0.1) is 0 Å². The summed E-state index contributed by atoms with van der Waals surface area (Å²) in [6.07, 6.45) is -5.46. The molecule has 4 nitrogen and oxygen atoms in total. The molecule has 1 aromatic rings. The Kier molecular flexibility index (Phi) is 5.85. The SMILES string of the molecule is Cc1ccc(OC(F)(F)C(F)(F)S(=O)(=O)[O-])cc1.[Na+]. The molecule has 10 heteroatoms. The van der Waals surface area contributed by atoms with Gasteiger partial charge in [-0.2, -0.15) is 17.6 Å². The van der Waals surface area contributed by atoms with E-state index in [1.807, 2.05) is 0 Å². The number of alkyl halides is 4. The van der Waals surface area contributed by atoms with E-state index in [1.165, 1.54) is 12.1 Å². The molecule has 1 aromatic carbocycles. The van der Waals surface area contributed by atoms with Crippen LogP contribution in [0.4, 0.5) is 17.6 Å². The first-order chi connectivity index (χ1) is 7.97. The van der Waals surface area contributed by atoms with Gasteiger partial charge in [0.15, 0.2) is 10.1 Å². The van der Waals surface area contributed by atoms with Gasteiger partial charge in [0.2, 0.25) is 0 Å². The van der Waals surface area contributed by atoms with Gasteiger partial charge in [0.25, 0.3) is 0 Å². The van der Waals surface area contributed by atoms with Crippen molar-refractivity contribution in [3.05, 3.63) is 29.8 Å². The Morgan fingerprint density at radius 3 is 1.89 bits per heavy atom. The van der Waals surface area contributed by atoms with Gasteiger partial charge in [-0.25, -0.2) is 8.42 Å². The molecule has 0 amide bonds. The summed E-state index contributed by atoms with van der Waals surface area (Å²) in [6, 6.07) is 4.46. The molecule has 19 heavy (non-hydrogen) atoms. The van der Waals surface area contributed by atoms with Crippen LogP contribution >= 0.6 is 0 Å². The molecule has 0 atom stereocenters. The van der Waals surface area contributed by atoms with Gasteiger partial charge in [-0.1, -0.05) is 17.7 Å². The molecule has 102 valence electrons. The molecule has 0 N–H and O–H groups in total. The fourth-order valence-electron chi connectivity index (χ4n) is 0.959. The van der Waals surface area contributed by atoms with E-state index < -0.39 is 27.2 Å². The third-order valence-corrected chi connectivity index (χ3v) is 2.79. The van der Waals surface area contributed by atoms with Gasteiger partial charge in [0, 0.05) is 0 Å². The summed E-state index contributed by atoms with van der Waals surface area (Å²) in [4.78, 5) is 0. The molecule has 0 saturated carbocycles. The third-order valence-electron chi connectivity index (χ3n) is 1.92. The average molecular weight is 310 g/mol. The molecule has 0 bridgehead atoms. The summed E-state index contributed by atoms with van der Waals surface area (Å²) < 4.78 is 85.1. The number of aryl methyl sites for hydroxylation is 1. The summed E-state index contributed by atoms with van der Waals surface area (Å²) >= 11 is 0. The number of hydrogen-bond acceptors (Lipinski definition) is 4. The van der Waals surface area contributed by atoms with Crippen molar-refractivity contribution in [2.75, 3.05) is 0 Å². The van der Waals surface area contributed by atoms with Crippen LogP contribution < -0.4 is 34.3 Å². The number of hydrogen-bond donors (Lipinski definition) is 0. The van der Waals surface area contributed by atoms with E-state index in [-0.39, 0.29) is 29.6 Å². The van der Waals surface area contributed by atoms with Crippen LogP contribution in [0.5, 0.6) is 5.75 Å². The fourth-order valence-corrected chi connectivity index (χ4v) is 1.29.